The quantitative estimate of drug-likeness (QED) is 0.306. The summed E-state index contributed by atoms with van der Waals surface area (Å²) in [6.45, 7) is 3.36. The molecule has 1 amide bonds. The molecule has 2 rings (SSSR count). The maximum Gasteiger partial charge on any atom is 0.416 e. The third-order valence-corrected chi connectivity index (χ3v) is 5.00. The summed E-state index contributed by atoms with van der Waals surface area (Å²) in [6.07, 6.45) is -4.82. The number of rotatable bonds is 7. The Bertz CT molecular complexity index is 1010. The van der Waals surface area contributed by atoms with Crippen molar-refractivity contribution in [3.05, 3.63) is 67.6 Å². The van der Waals surface area contributed by atoms with Crippen molar-refractivity contribution in [2.24, 2.45) is 5.92 Å². The monoisotopic (exact) mass is 585 g/mol. The Balaban J connectivity index is 2.31. The van der Waals surface area contributed by atoms with Crippen LogP contribution in [-0.2, 0) is 21.6 Å². The average Bonchev–Trinajstić information content (AvgIpc) is 2.68. The molecule has 0 fully saturated rings. The van der Waals surface area contributed by atoms with Crippen molar-refractivity contribution < 1.29 is 36.3 Å². The van der Waals surface area contributed by atoms with Gasteiger partial charge >= 0.3 is 12.1 Å². The van der Waals surface area contributed by atoms with Gasteiger partial charge in [-0.3, -0.25) is 9.59 Å². The minimum atomic E-state index is -4.82. The Morgan fingerprint density at radius 1 is 0.906 bits per heavy atom. The first-order chi connectivity index (χ1) is 14.7. The number of alkyl halides is 5. The number of carbonyl (C=O) groups excluding carboxylic acids is 2. The minimum absolute atomic E-state index is 0.0976. The van der Waals surface area contributed by atoms with E-state index in [1.807, 2.05) is 13.8 Å². The molecule has 32 heavy (non-hydrogen) atoms. The lowest BCUT2D eigenvalue weighted by molar-refractivity contribution is -0.143. The number of benzene rings is 2. The summed E-state index contributed by atoms with van der Waals surface area (Å²) in [7, 11) is 0. The van der Waals surface area contributed by atoms with E-state index in [1.165, 1.54) is 6.07 Å². The van der Waals surface area contributed by atoms with Crippen LogP contribution in [0, 0.1) is 5.92 Å². The lowest BCUT2D eigenvalue weighted by Gasteiger charge is -2.20. The first-order valence-corrected chi connectivity index (χ1v) is 10.8. The zero-order valence-electron chi connectivity index (χ0n) is 16.8. The first kappa shape index (κ1) is 26.2. The number of amides is 1. The molecule has 2 aromatic carbocycles. The van der Waals surface area contributed by atoms with Crippen molar-refractivity contribution in [3.8, 4) is 0 Å². The Morgan fingerprint density at radius 2 is 1.44 bits per heavy atom. The van der Waals surface area contributed by atoms with E-state index in [-0.39, 0.29) is 27.0 Å². The smallest absolute Gasteiger partial charge is 0.416 e. The molecular formula is C21H18Br2F5NO3. The predicted molar refractivity (Wildman–Crippen MR) is 114 cm³/mol. The third kappa shape index (κ3) is 6.99. The van der Waals surface area contributed by atoms with Gasteiger partial charge in [0.1, 0.15) is 6.54 Å². The molecule has 0 spiro atoms. The van der Waals surface area contributed by atoms with Gasteiger partial charge in [-0.25, -0.2) is 0 Å². The van der Waals surface area contributed by atoms with Crippen molar-refractivity contribution >= 4 is 43.7 Å². The van der Waals surface area contributed by atoms with Crippen LogP contribution in [-0.4, -0.2) is 25.0 Å². The molecule has 0 bridgehead atoms. The second-order valence-electron chi connectivity index (χ2n) is 7.29. The number of esters is 1. The molecule has 1 N–H and O–H groups in total. The van der Waals surface area contributed by atoms with Crippen molar-refractivity contribution in [3.63, 3.8) is 0 Å². The Labute approximate surface area is 197 Å². The Kier molecular flexibility index (Phi) is 8.44. The van der Waals surface area contributed by atoms with Crippen LogP contribution in [0.2, 0.25) is 0 Å². The summed E-state index contributed by atoms with van der Waals surface area (Å²) >= 11 is 5.86. The second kappa shape index (κ2) is 10.3. The van der Waals surface area contributed by atoms with E-state index in [9.17, 15) is 22.8 Å². The van der Waals surface area contributed by atoms with Gasteiger partial charge < -0.3 is 10.1 Å². The van der Waals surface area contributed by atoms with Crippen LogP contribution < -0.4 is 5.32 Å². The summed E-state index contributed by atoms with van der Waals surface area (Å²) in [4.78, 5) is 24.0. The molecule has 0 aromatic heterocycles. The standard InChI is InChI=1S/C21H18Br2F5NO3/c1-11(2)10-32-18(30)9-29-19(31)12-3-13(6-16(22)4-12)20(24,25)14-5-15(21(26,27)28)8-17(23)7-14/h3-8,11H,9-10H2,1-2H3,(H,29,31). The zero-order valence-corrected chi connectivity index (χ0v) is 20.0. The van der Waals surface area contributed by atoms with Crippen LogP contribution in [0.1, 0.15) is 40.9 Å². The first-order valence-electron chi connectivity index (χ1n) is 9.21. The van der Waals surface area contributed by atoms with Gasteiger partial charge in [0.2, 0.25) is 0 Å². The van der Waals surface area contributed by atoms with Crippen LogP contribution in [0.15, 0.2) is 45.3 Å². The number of hydrogen-bond acceptors (Lipinski definition) is 3. The molecule has 0 heterocycles. The van der Waals surface area contributed by atoms with Gasteiger partial charge in [0.05, 0.1) is 12.2 Å². The molecule has 0 unspecified atom stereocenters. The van der Waals surface area contributed by atoms with E-state index < -0.39 is 47.2 Å². The fraction of sp³-hybridized carbons (Fsp3) is 0.333. The van der Waals surface area contributed by atoms with Crippen molar-refractivity contribution in [2.75, 3.05) is 13.2 Å². The van der Waals surface area contributed by atoms with Crippen LogP contribution in [0.3, 0.4) is 0 Å². The highest BCUT2D eigenvalue weighted by Crippen LogP contribution is 2.41. The number of carbonyl (C=O) groups is 2. The number of ether oxygens (including phenoxy) is 1. The molecule has 0 aliphatic rings. The highest BCUT2D eigenvalue weighted by Gasteiger charge is 2.39. The van der Waals surface area contributed by atoms with Crippen molar-refractivity contribution in [1.82, 2.24) is 5.32 Å². The molecule has 0 radical (unpaired) electrons. The van der Waals surface area contributed by atoms with E-state index >= 15 is 8.78 Å². The van der Waals surface area contributed by atoms with Crippen LogP contribution in [0.25, 0.3) is 0 Å². The fourth-order valence-electron chi connectivity index (χ4n) is 2.57. The zero-order chi connectivity index (χ0) is 24.3. The van der Waals surface area contributed by atoms with Crippen LogP contribution in [0.5, 0.6) is 0 Å². The summed E-state index contributed by atoms with van der Waals surface area (Å²) in [5, 5.41) is 2.27. The van der Waals surface area contributed by atoms with Gasteiger partial charge in [-0.05, 0) is 42.3 Å². The topological polar surface area (TPSA) is 55.4 Å². The maximum absolute atomic E-state index is 15.1. The molecular weight excluding hydrogens is 569 g/mol. The number of hydrogen-bond donors (Lipinski definition) is 1. The van der Waals surface area contributed by atoms with Gasteiger partial charge in [-0.2, -0.15) is 22.0 Å². The highest BCUT2D eigenvalue weighted by atomic mass is 79.9. The van der Waals surface area contributed by atoms with Gasteiger partial charge in [0.15, 0.2) is 0 Å². The van der Waals surface area contributed by atoms with Gasteiger partial charge in [0.25, 0.3) is 11.8 Å². The highest BCUT2D eigenvalue weighted by molar-refractivity contribution is 9.10. The van der Waals surface area contributed by atoms with Crippen molar-refractivity contribution in [1.29, 1.82) is 0 Å². The lowest BCUT2D eigenvalue weighted by atomic mass is 9.97. The Morgan fingerprint density at radius 3 is 2.00 bits per heavy atom. The molecule has 0 saturated carbocycles. The lowest BCUT2D eigenvalue weighted by Crippen LogP contribution is -2.31. The van der Waals surface area contributed by atoms with Crippen molar-refractivity contribution in [2.45, 2.75) is 25.9 Å². The van der Waals surface area contributed by atoms with E-state index in [4.69, 9.17) is 4.74 Å². The Hall–Kier alpha value is -2.01. The predicted octanol–water partition coefficient (Wildman–Crippen LogP) is 6.30. The van der Waals surface area contributed by atoms with Gasteiger partial charge in [-0.15, -0.1) is 0 Å². The molecule has 11 heteroatoms. The third-order valence-electron chi connectivity index (χ3n) is 4.08. The van der Waals surface area contributed by atoms with E-state index in [2.05, 4.69) is 37.2 Å². The molecule has 174 valence electrons. The summed E-state index contributed by atoms with van der Waals surface area (Å²) in [6, 6.07) is 5.03. The average molecular weight is 587 g/mol. The summed E-state index contributed by atoms with van der Waals surface area (Å²) in [5.41, 5.74) is -3.06. The molecule has 0 aliphatic heterocycles. The minimum Gasteiger partial charge on any atom is -0.464 e. The maximum atomic E-state index is 15.1. The van der Waals surface area contributed by atoms with Crippen LogP contribution in [0.4, 0.5) is 22.0 Å². The number of nitrogens with one attached hydrogen (secondary N) is 1. The second-order valence-corrected chi connectivity index (χ2v) is 9.12. The normalized spacial score (nSPS) is 12.1. The van der Waals surface area contributed by atoms with E-state index in [0.29, 0.717) is 12.1 Å². The molecule has 0 saturated heterocycles. The van der Waals surface area contributed by atoms with Crippen LogP contribution >= 0.6 is 31.9 Å². The van der Waals surface area contributed by atoms with Gasteiger partial charge in [-0.1, -0.05) is 45.7 Å². The van der Waals surface area contributed by atoms with E-state index in [1.54, 1.807) is 0 Å². The summed E-state index contributed by atoms with van der Waals surface area (Å²) in [5.74, 6) is -5.27. The fourth-order valence-corrected chi connectivity index (χ4v) is 3.55. The largest absolute Gasteiger partial charge is 0.464 e. The molecule has 0 atom stereocenters. The SMILES string of the molecule is CC(C)COC(=O)CNC(=O)c1cc(Br)cc(C(F)(F)c2cc(Br)cc(C(F)(F)F)c2)c1. The molecule has 2 aromatic rings. The summed E-state index contributed by atoms with van der Waals surface area (Å²) < 4.78 is 74.3. The molecule has 4 nitrogen and oxygen atoms in total. The van der Waals surface area contributed by atoms with E-state index in [0.717, 1.165) is 18.2 Å². The van der Waals surface area contributed by atoms with Gasteiger partial charge in [0, 0.05) is 25.6 Å². The number of halogens is 7. The molecule has 0 aliphatic carbocycles.